The van der Waals surface area contributed by atoms with Crippen LogP contribution in [0, 0.1) is 0 Å². The van der Waals surface area contributed by atoms with Gasteiger partial charge in [0.05, 0.1) is 4.99 Å². The average Bonchev–Trinajstić information content (AvgIpc) is 2.08. The predicted octanol–water partition coefficient (Wildman–Crippen LogP) is -1.19. The van der Waals surface area contributed by atoms with Crippen LogP contribution in [0.2, 0.25) is 0 Å². The van der Waals surface area contributed by atoms with Crippen molar-refractivity contribution in [1.82, 2.24) is 9.62 Å². The van der Waals surface area contributed by atoms with Gasteiger partial charge in [0.1, 0.15) is 5.75 Å². The van der Waals surface area contributed by atoms with Crippen LogP contribution < -0.4 is 10.5 Å². The molecule has 0 saturated carbocycles. The maximum Gasteiger partial charge on any atom is 0.222 e. The fraction of sp³-hybridized carbons (Fsp3) is 0.750. The van der Waals surface area contributed by atoms with Crippen molar-refractivity contribution in [1.29, 1.82) is 0 Å². The first-order valence-electron chi connectivity index (χ1n) is 4.82. The third-order valence-electron chi connectivity index (χ3n) is 2.31. The molecule has 1 aliphatic rings. The van der Waals surface area contributed by atoms with E-state index in [0.29, 0.717) is 19.4 Å². The molecular weight excluding hydrogens is 250 g/mol. The SMILES string of the molecule is CN1CC(NS(=O)(=O)CC(N)=S)CCC1=O. The molecule has 1 rings (SSSR count). The number of likely N-dealkylation sites (tertiary alicyclic amines) is 1. The van der Waals surface area contributed by atoms with Gasteiger partial charge in [-0.1, -0.05) is 12.2 Å². The van der Waals surface area contributed by atoms with E-state index in [9.17, 15) is 13.2 Å². The highest BCUT2D eigenvalue weighted by molar-refractivity contribution is 7.92. The second kappa shape index (κ2) is 5.07. The number of sulfonamides is 1. The van der Waals surface area contributed by atoms with Crippen molar-refractivity contribution in [2.45, 2.75) is 18.9 Å². The minimum absolute atomic E-state index is 0.0322. The highest BCUT2D eigenvalue weighted by Gasteiger charge is 2.26. The van der Waals surface area contributed by atoms with Gasteiger partial charge in [0.2, 0.25) is 15.9 Å². The van der Waals surface area contributed by atoms with Gasteiger partial charge < -0.3 is 10.6 Å². The second-order valence-corrected chi connectivity index (χ2v) is 6.13. The smallest absolute Gasteiger partial charge is 0.222 e. The molecule has 6 nitrogen and oxygen atoms in total. The van der Waals surface area contributed by atoms with E-state index in [2.05, 4.69) is 16.9 Å². The van der Waals surface area contributed by atoms with Gasteiger partial charge in [-0.15, -0.1) is 0 Å². The fourth-order valence-corrected chi connectivity index (χ4v) is 3.21. The minimum atomic E-state index is -3.48. The van der Waals surface area contributed by atoms with Gasteiger partial charge in [0.15, 0.2) is 0 Å². The highest BCUT2D eigenvalue weighted by atomic mass is 32.2. The largest absolute Gasteiger partial charge is 0.392 e. The molecule has 1 amide bonds. The number of nitrogens with one attached hydrogen (secondary N) is 1. The molecule has 0 aliphatic carbocycles. The van der Waals surface area contributed by atoms with Crippen LogP contribution in [-0.4, -0.2) is 49.6 Å². The van der Waals surface area contributed by atoms with E-state index >= 15 is 0 Å². The van der Waals surface area contributed by atoms with Gasteiger partial charge in [-0.25, -0.2) is 13.1 Å². The summed E-state index contributed by atoms with van der Waals surface area (Å²) in [4.78, 5) is 12.6. The average molecular weight is 265 g/mol. The van der Waals surface area contributed by atoms with Crippen LogP contribution in [0.15, 0.2) is 0 Å². The molecule has 92 valence electrons. The number of nitrogens with two attached hydrogens (primary N) is 1. The molecule has 0 aromatic carbocycles. The monoisotopic (exact) mass is 265 g/mol. The Balaban J connectivity index is 2.55. The van der Waals surface area contributed by atoms with Crippen molar-refractivity contribution >= 4 is 33.1 Å². The van der Waals surface area contributed by atoms with E-state index < -0.39 is 10.0 Å². The van der Waals surface area contributed by atoms with Gasteiger partial charge in [-0.2, -0.15) is 0 Å². The summed E-state index contributed by atoms with van der Waals surface area (Å²) >= 11 is 4.55. The Hall–Kier alpha value is -0.730. The lowest BCUT2D eigenvalue weighted by atomic mass is 10.1. The van der Waals surface area contributed by atoms with E-state index in [1.165, 1.54) is 4.90 Å². The fourth-order valence-electron chi connectivity index (χ4n) is 1.59. The van der Waals surface area contributed by atoms with Gasteiger partial charge in [0, 0.05) is 26.1 Å². The maximum absolute atomic E-state index is 11.5. The molecule has 0 bridgehead atoms. The Morgan fingerprint density at radius 1 is 1.69 bits per heavy atom. The quantitative estimate of drug-likeness (QED) is 0.624. The lowest BCUT2D eigenvalue weighted by molar-refractivity contribution is -0.132. The van der Waals surface area contributed by atoms with E-state index in [-0.39, 0.29) is 22.7 Å². The Labute approximate surface area is 100 Å². The van der Waals surface area contributed by atoms with E-state index in [1.54, 1.807) is 7.05 Å². The molecule has 8 heteroatoms. The molecule has 1 heterocycles. The molecule has 1 atom stereocenters. The standard InChI is InChI=1S/C8H15N3O3S2/c1-11-4-6(2-3-8(11)12)10-16(13,14)5-7(9)15/h6,10H,2-5H2,1H3,(H2,9,15). The van der Waals surface area contributed by atoms with E-state index in [1.807, 2.05) is 0 Å². The number of hydrogen-bond acceptors (Lipinski definition) is 4. The molecule has 0 spiro atoms. The zero-order valence-corrected chi connectivity index (χ0v) is 10.6. The van der Waals surface area contributed by atoms with Gasteiger partial charge in [0.25, 0.3) is 0 Å². The van der Waals surface area contributed by atoms with Crippen LogP contribution in [0.5, 0.6) is 0 Å². The summed E-state index contributed by atoms with van der Waals surface area (Å²) in [5.74, 6) is -0.318. The molecule has 1 unspecified atom stereocenters. The van der Waals surface area contributed by atoms with Gasteiger partial charge >= 0.3 is 0 Å². The van der Waals surface area contributed by atoms with Crippen molar-refractivity contribution in [3.8, 4) is 0 Å². The second-order valence-electron chi connectivity index (χ2n) is 3.85. The normalized spacial score (nSPS) is 22.2. The van der Waals surface area contributed by atoms with Gasteiger partial charge in [-0.05, 0) is 6.42 Å². The minimum Gasteiger partial charge on any atom is -0.392 e. The first kappa shape index (κ1) is 13.3. The van der Waals surface area contributed by atoms with E-state index in [0.717, 1.165) is 0 Å². The number of amides is 1. The first-order valence-corrected chi connectivity index (χ1v) is 6.88. The molecule has 1 aliphatic heterocycles. The number of likely N-dealkylation sites (N-methyl/N-ethyl adjacent to an activating group) is 1. The summed E-state index contributed by atoms with van der Waals surface area (Å²) < 4.78 is 25.5. The van der Waals surface area contributed by atoms with Crippen LogP contribution in [0.1, 0.15) is 12.8 Å². The number of rotatable bonds is 4. The summed E-state index contributed by atoms with van der Waals surface area (Å²) in [6.45, 7) is 0.384. The third kappa shape index (κ3) is 4.03. The number of piperidine rings is 1. The summed E-state index contributed by atoms with van der Waals surface area (Å²) in [7, 11) is -1.83. The molecule has 1 fully saturated rings. The summed E-state index contributed by atoms with van der Waals surface area (Å²) in [6.07, 6.45) is 0.872. The van der Waals surface area contributed by atoms with Crippen molar-refractivity contribution in [3.05, 3.63) is 0 Å². The van der Waals surface area contributed by atoms with Crippen LogP contribution in [0.25, 0.3) is 0 Å². The lowest BCUT2D eigenvalue weighted by Crippen LogP contribution is -2.49. The van der Waals surface area contributed by atoms with Crippen molar-refractivity contribution in [2.75, 3.05) is 19.3 Å². The number of thiocarbonyl (C=S) groups is 1. The Kier molecular flexibility index (Phi) is 4.22. The summed E-state index contributed by atoms with van der Waals surface area (Å²) in [5.41, 5.74) is 5.18. The molecule has 0 radical (unpaired) electrons. The number of carbonyl (C=O) groups excluding carboxylic acids is 1. The topological polar surface area (TPSA) is 92.5 Å². The van der Waals surface area contributed by atoms with Crippen molar-refractivity contribution < 1.29 is 13.2 Å². The third-order valence-corrected chi connectivity index (χ3v) is 4.02. The van der Waals surface area contributed by atoms with Crippen LogP contribution in [0.3, 0.4) is 0 Å². The zero-order chi connectivity index (χ0) is 12.3. The molecule has 1 saturated heterocycles. The molecular formula is C8H15N3O3S2. The molecule has 16 heavy (non-hydrogen) atoms. The van der Waals surface area contributed by atoms with Crippen LogP contribution in [0.4, 0.5) is 0 Å². The predicted molar refractivity (Wildman–Crippen MR) is 64.4 cm³/mol. The Morgan fingerprint density at radius 3 is 2.81 bits per heavy atom. The maximum atomic E-state index is 11.5. The molecule has 3 N–H and O–H groups in total. The van der Waals surface area contributed by atoms with Crippen molar-refractivity contribution in [3.63, 3.8) is 0 Å². The van der Waals surface area contributed by atoms with E-state index in [4.69, 9.17) is 5.73 Å². The highest BCUT2D eigenvalue weighted by Crippen LogP contribution is 2.10. The molecule has 0 aromatic heterocycles. The van der Waals surface area contributed by atoms with Crippen LogP contribution >= 0.6 is 12.2 Å². The van der Waals surface area contributed by atoms with Crippen molar-refractivity contribution in [2.24, 2.45) is 5.73 Å². The Morgan fingerprint density at radius 2 is 2.31 bits per heavy atom. The lowest BCUT2D eigenvalue weighted by Gasteiger charge is -2.29. The number of carbonyl (C=O) groups is 1. The first-order chi connectivity index (χ1) is 7.30. The zero-order valence-electron chi connectivity index (χ0n) is 8.97. The van der Waals surface area contributed by atoms with Crippen LogP contribution in [-0.2, 0) is 14.8 Å². The van der Waals surface area contributed by atoms with Gasteiger partial charge in [-0.3, -0.25) is 4.79 Å². The summed E-state index contributed by atoms with van der Waals surface area (Å²) in [6, 6.07) is -0.248. The number of nitrogens with zero attached hydrogens (tertiary/aromatic N) is 1. The Bertz CT molecular complexity index is 393. The summed E-state index contributed by atoms with van der Waals surface area (Å²) in [5, 5.41) is 0. The molecule has 0 aromatic rings. The number of hydrogen-bond donors (Lipinski definition) is 2.